The lowest BCUT2D eigenvalue weighted by atomic mass is 9.58. The molecule has 9 heteroatoms. The first-order chi connectivity index (χ1) is 17.2. The van der Waals surface area contributed by atoms with Crippen LogP contribution >= 0.6 is 0 Å². The average Bonchev–Trinajstić information content (AvgIpc) is 3.10. The molecule has 0 spiro atoms. The van der Waals surface area contributed by atoms with Gasteiger partial charge in [-0.05, 0) is 55.5 Å². The van der Waals surface area contributed by atoms with Crippen LogP contribution < -0.4 is 10.5 Å². The monoisotopic (exact) mass is 486 g/mol. The summed E-state index contributed by atoms with van der Waals surface area (Å²) in [6, 6.07) is 3.64. The van der Waals surface area contributed by atoms with Crippen LogP contribution in [0, 0.1) is 23.7 Å². The molecule has 36 heavy (non-hydrogen) atoms. The van der Waals surface area contributed by atoms with E-state index in [0.29, 0.717) is 39.4 Å². The van der Waals surface area contributed by atoms with Gasteiger partial charge in [-0.3, -0.25) is 19.2 Å². The van der Waals surface area contributed by atoms with Crippen molar-refractivity contribution in [2.45, 2.75) is 26.2 Å². The van der Waals surface area contributed by atoms with Crippen molar-refractivity contribution in [2.24, 2.45) is 29.4 Å². The Balaban J connectivity index is 1.49. The number of likely N-dealkylation sites (tertiary alicyclic amines) is 1. The normalized spacial score (nSPS) is 28.9. The molecule has 2 aliphatic heterocycles. The molecule has 1 saturated heterocycles. The number of Topliss-reactive ketones (excluding diaryl/α,β-unsaturated/α-hetero) is 1. The van der Waals surface area contributed by atoms with E-state index >= 15 is 0 Å². The molecular formula is C27H22N2O7. The lowest BCUT2D eigenvalue weighted by molar-refractivity contribution is -0.136. The van der Waals surface area contributed by atoms with Gasteiger partial charge in [-0.25, -0.2) is 4.79 Å². The number of imide groups is 3. The highest BCUT2D eigenvalue weighted by Crippen LogP contribution is 2.54. The van der Waals surface area contributed by atoms with Gasteiger partial charge in [-0.1, -0.05) is 11.6 Å². The topological polar surface area (TPSA) is 144 Å². The number of rotatable bonds is 1. The minimum Gasteiger partial charge on any atom is -0.508 e. The van der Waals surface area contributed by atoms with Crippen molar-refractivity contribution in [3.8, 4) is 11.5 Å². The molecule has 4 atom stereocenters. The summed E-state index contributed by atoms with van der Waals surface area (Å²) in [4.78, 5) is 65.0. The number of phenolic OH excluding ortho intramolecular Hbond substituents is 1. The van der Waals surface area contributed by atoms with E-state index in [0.717, 1.165) is 11.1 Å². The van der Waals surface area contributed by atoms with Crippen LogP contribution in [0.25, 0.3) is 0 Å². The number of ether oxygens (including phenoxy) is 1. The zero-order valence-corrected chi connectivity index (χ0v) is 19.3. The molecule has 5 aliphatic rings. The first kappa shape index (κ1) is 22.2. The molecule has 0 radical (unpaired) electrons. The van der Waals surface area contributed by atoms with Crippen LogP contribution in [0.2, 0.25) is 0 Å². The third kappa shape index (κ3) is 2.98. The zero-order valence-electron chi connectivity index (χ0n) is 19.3. The second-order valence-corrected chi connectivity index (χ2v) is 9.86. The number of benzene rings is 1. The summed E-state index contributed by atoms with van der Waals surface area (Å²) in [5, 5.41) is 9.98. The van der Waals surface area contributed by atoms with Gasteiger partial charge in [-0.2, -0.15) is 4.90 Å². The number of carbonyl (C=O) groups is 5. The number of amides is 4. The Kier molecular flexibility index (Phi) is 4.70. The molecule has 2 heterocycles. The minimum absolute atomic E-state index is 0.0732. The number of urea groups is 1. The van der Waals surface area contributed by atoms with Crippen molar-refractivity contribution in [1.29, 1.82) is 0 Å². The van der Waals surface area contributed by atoms with E-state index in [-0.39, 0.29) is 30.2 Å². The summed E-state index contributed by atoms with van der Waals surface area (Å²) in [5.41, 5.74) is 8.53. The Hall–Kier alpha value is -4.27. The van der Waals surface area contributed by atoms with Crippen molar-refractivity contribution in [1.82, 2.24) is 4.90 Å². The van der Waals surface area contributed by atoms with Crippen LogP contribution in [-0.2, 0) is 25.6 Å². The van der Waals surface area contributed by atoms with Crippen molar-refractivity contribution >= 4 is 29.4 Å². The Bertz CT molecular complexity index is 1440. The Morgan fingerprint density at radius 3 is 2.67 bits per heavy atom. The molecule has 3 N–H and O–H groups in total. The van der Waals surface area contributed by atoms with Crippen LogP contribution in [0.4, 0.5) is 4.79 Å². The van der Waals surface area contributed by atoms with E-state index in [1.54, 1.807) is 25.3 Å². The molecule has 182 valence electrons. The van der Waals surface area contributed by atoms with E-state index in [4.69, 9.17) is 10.5 Å². The molecule has 0 bridgehead atoms. The maximum Gasteiger partial charge on any atom is 0.328 e. The van der Waals surface area contributed by atoms with Gasteiger partial charge in [0.25, 0.3) is 0 Å². The van der Waals surface area contributed by atoms with E-state index in [9.17, 15) is 29.1 Å². The fourth-order valence-corrected chi connectivity index (χ4v) is 6.39. The number of allylic oxidation sites excluding steroid dienone is 7. The summed E-state index contributed by atoms with van der Waals surface area (Å²) in [5.74, 6) is -3.98. The highest BCUT2D eigenvalue weighted by atomic mass is 16.5. The highest BCUT2D eigenvalue weighted by molar-refractivity contribution is 6.23. The second kappa shape index (κ2) is 7.61. The van der Waals surface area contributed by atoms with Crippen LogP contribution in [0.5, 0.6) is 11.5 Å². The SMILES string of the molecule is CC1=CC(=O)C2=C(C1=O)[C@@H](C1=COc3ccc(O)cc3C1)C1=CC[C@@H]3C(=O)N(C(N)=O)C(=O)[C@@H]3[C@@H]1C2. The number of hydrogen-bond acceptors (Lipinski definition) is 7. The molecule has 1 fully saturated rings. The number of aromatic hydroxyl groups is 1. The van der Waals surface area contributed by atoms with Crippen LogP contribution in [-0.4, -0.2) is 39.4 Å². The molecular weight excluding hydrogens is 464 g/mol. The summed E-state index contributed by atoms with van der Waals surface area (Å²) >= 11 is 0. The minimum atomic E-state index is -1.12. The van der Waals surface area contributed by atoms with E-state index in [1.807, 2.05) is 6.08 Å². The second-order valence-electron chi connectivity index (χ2n) is 9.86. The number of primary amides is 1. The first-order valence-corrected chi connectivity index (χ1v) is 11.7. The van der Waals surface area contributed by atoms with E-state index < -0.39 is 41.5 Å². The molecule has 0 unspecified atom stereocenters. The van der Waals surface area contributed by atoms with Gasteiger partial charge in [0.05, 0.1) is 18.1 Å². The number of carbonyl (C=O) groups excluding carboxylic acids is 5. The number of fused-ring (bicyclic) bond motifs is 4. The maximum atomic E-state index is 13.4. The van der Waals surface area contributed by atoms with Gasteiger partial charge in [0, 0.05) is 34.6 Å². The van der Waals surface area contributed by atoms with Crippen LogP contribution in [0.3, 0.4) is 0 Å². The molecule has 6 rings (SSSR count). The quantitative estimate of drug-likeness (QED) is 0.352. The molecule has 4 amide bonds. The van der Waals surface area contributed by atoms with Gasteiger partial charge in [-0.15, -0.1) is 0 Å². The van der Waals surface area contributed by atoms with Crippen LogP contribution in [0.15, 0.2) is 64.5 Å². The largest absolute Gasteiger partial charge is 0.508 e. The Morgan fingerprint density at radius 1 is 1.14 bits per heavy atom. The van der Waals surface area contributed by atoms with Gasteiger partial charge in [0.2, 0.25) is 11.8 Å². The molecule has 1 aromatic carbocycles. The predicted octanol–water partition coefficient (Wildman–Crippen LogP) is 2.25. The molecule has 3 aliphatic carbocycles. The predicted molar refractivity (Wildman–Crippen MR) is 124 cm³/mol. The summed E-state index contributed by atoms with van der Waals surface area (Å²) < 4.78 is 5.84. The van der Waals surface area contributed by atoms with Gasteiger partial charge < -0.3 is 15.6 Å². The molecule has 0 aromatic heterocycles. The third-order valence-corrected chi connectivity index (χ3v) is 7.93. The Morgan fingerprint density at radius 2 is 1.92 bits per heavy atom. The number of phenols is 1. The highest BCUT2D eigenvalue weighted by Gasteiger charge is 2.57. The van der Waals surface area contributed by atoms with Crippen molar-refractivity contribution in [3.63, 3.8) is 0 Å². The number of hydrogen-bond donors (Lipinski definition) is 2. The zero-order chi connectivity index (χ0) is 25.5. The van der Waals surface area contributed by atoms with Gasteiger partial charge >= 0.3 is 6.03 Å². The average molecular weight is 486 g/mol. The third-order valence-electron chi connectivity index (χ3n) is 7.93. The first-order valence-electron chi connectivity index (χ1n) is 11.7. The van der Waals surface area contributed by atoms with Crippen molar-refractivity contribution < 1.29 is 33.8 Å². The summed E-state index contributed by atoms with van der Waals surface area (Å²) in [6.45, 7) is 1.60. The number of ketones is 2. The lowest BCUT2D eigenvalue weighted by Gasteiger charge is -2.43. The van der Waals surface area contributed by atoms with Crippen LogP contribution in [0.1, 0.15) is 25.3 Å². The maximum absolute atomic E-state index is 13.4. The fourth-order valence-electron chi connectivity index (χ4n) is 6.39. The smallest absolute Gasteiger partial charge is 0.328 e. The standard InChI is InChI=1S/C27H22N2O7/c1-11-6-19(31)18-9-17-15(3-4-16-22(17)26(34)29(25(16)33)27(28)35)21(23(18)24(11)32)13-7-12-8-14(30)2-5-20(12)36-10-13/h2-3,5-6,8,10,16-17,21-22,30H,4,7,9H2,1H3,(H2,28,35)/t16-,17+,21-,22-/m0/s1. The van der Waals surface area contributed by atoms with E-state index in [1.165, 1.54) is 12.1 Å². The van der Waals surface area contributed by atoms with E-state index in [2.05, 4.69) is 0 Å². The van der Waals surface area contributed by atoms with Crippen molar-refractivity contribution in [3.05, 3.63) is 70.0 Å². The summed E-state index contributed by atoms with van der Waals surface area (Å²) in [7, 11) is 0. The summed E-state index contributed by atoms with van der Waals surface area (Å²) in [6.07, 6.45) is 5.42. The number of nitrogens with two attached hydrogens (primary N) is 1. The molecule has 9 nitrogen and oxygen atoms in total. The van der Waals surface area contributed by atoms with Gasteiger partial charge in [0.1, 0.15) is 11.5 Å². The lowest BCUT2D eigenvalue weighted by Crippen LogP contribution is -2.43. The Labute approximate surface area is 205 Å². The van der Waals surface area contributed by atoms with Crippen molar-refractivity contribution in [2.75, 3.05) is 0 Å². The molecule has 0 saturated carbocycles. The van der Waals surface area contributed by atoms with Gasteiger partial charge in [0.15, 0.2) is 11.6 Å². The fraction of sp³-hybridized carbons (Fsp3) is 0.296. The number of nitrogens with zero attached hydrogens (tertiary/aromatic N) is 1. The molecule has 1 aromatic rings.